The summed E-state index contributed by atoms with van der Waals surface area (Å²) < 4.78 is 24.1. The predicted molar refractivity (Wildman–Crippen MR) is 60.1 cm³/mol. The number of hydrogen-bond donors (Lipinski definition) is 0. The summed E-state index contributed by atoms with van der Waals surface area (Å²) in [6.07, 6.45) is 0. The van der Waals surface area contributed by atoms with Crippen molar-refractivity contribution in [1.29, 1.82) is 5.26 Å². The van der Waals surface area contributed by atoms with Gasteiger partial charge >= 0.3 is 0 Å². The van der Waals surface area contributed by atoms with E-state index in [0.717, 1.165) is 0 Å². The summed E-state index contributed by atoms with van der Waals surface area (Å²) in [7, 11) is 3.13. The zero-order valence-electron chi connectivity index (χ0n) is 9.74. The molecule has 1 aromatic carbocycles. The minimum atomic E-state index is -0.639. The monoisotopic (exact) mass is 236 g/mol. The highest BCUT2D eigenvalue weighted by molar-refractivity contribution is 5.53. The molecule has 17 heavy (non-hydrogen) atoms. The molecule has 0 saturated carbocycles. The first-order chi connectivity index (χ1) is 8.14. The van der Waals surface area contributed by atoms with E-state index >= 15 is 0 Å². The van der Waals surface area contributed by atoms with Crippen LogP contribution in [0, 0.1) is 17.1 Å². The van der Waals surface area contributed by atoms with Crippen molar-refractivity contribution in [3.8, 4) is 6.07 Å². The van der Waals surface area contributed by atoms with Crippen molar-refractivity contribution in [3.63, 3.8) is 0 Å². The highest BCUT2D eigenvalue weighted by Gasteiger charge is 2.44. The van der Waals surface area contributed by atoms with Gasteiger partial charge in [-0.05, 0) is 18.2 Å². The number of halogens is 1. The van der Waals surface area contributed by atoms with Crippen LogP contribution in [0.5, 0.6) is 0 Å². The Balaban J connectivity index is 2.14. The molecule has 1 aliphatic heterocycles. The molecular weight excluding hydrogens is 223 g/mol. The molecule has 1 saturated heterocycles. The molecule has 0 aliphatic carbocycles. The smallest absolute Gasteiger partial charge is 0.203 e. The van der Waals surface area contributed by atoms with Gasteiger partial charge in [0.2, 0.25) is 5.79 Å². The van der Waals surface area contributed by atoms with Crippen molar-refractivity contribution in [2.24, 2.45) is 0 Å². The highest BCUT2D eigenvalue weighted by Crippen LogP contribution is 2.32. The molecule has 0 unspecified atom stereocenters. The molecule has 0 aromatic heterocycles. The van der Waals surface area contributed by atoms with E-state index in [4.69, 9.17) is 14.7 Å². The normalized spacial score (nSPS) is 17.4. The Morgan fingerprint density at radius 3 is 2.47 bits per heavy atom. The molecule has 0 N–H and O–H groups in total. The van der Waals surface area contributed by atoms with Crippen LogP contribution in [0.25, 0.3) is 0 Å². The van der Waals surface area contributed by atoms with E-state index < -0.39 is 11.6 Å². The first kappa shape index (κ1) is 11.8. The molecule has 1 fully saturated rings. The fourth-order valence-electron chi connectivity index (χ4n) is 1.88. The lowest BCUT2D eigenvalue weighted by molar-refractivity contribution is -0.219. The van der Waals surface area contributed by atoms with Crippen molar-refractivity contribution >= 4 is 5.69 Å². The molecule has 1 heterocycles. The van der Waals surface area contributed by atoms with Crippen LogP contribution in [-0.4, -0.2) is 33.1 Å². The largest absolute Gasteiger partial charge is 0.358 e. The number of ether oxygens (including phenoxy) is 2. The van der Waals surface area contributed by atoms with Gasteiger partial charge in [0.1, 0.15) is 5.82 Å². The molecular formula is C12H13FN2O2. The number of nitriles is 1. The maximum absolute atomic E-state index is 13.7. The summed E-state index contributed by atoms with van der Waals surface area (Å²) in [5.41, 5.74) is 0.783. The van der Waals surface area contributed by atoms with Crippen LogP contribution in [0.1, 0.15) is 5.56 Å². The molecule has 4 nitrogen and oxygen atoms in total. The van der Waals surface area contributed by atoms with Gasteiger partial charge in [0, 0.05) is 14.2 Å². The number of rotatable bonds is 3. The molecule has 90 valence electrons. The van der Waals surface area contributed by atoms with Gasteiger partial charge in [-0.2, -0.15) is 5.26 Å². The van der Waals surface area contributed by atoms with Crippen molar-refractivity contribution in [1.82, 2.24) is 0 Å². The quantitative estimate of drug-likeness (QED) is 0.746. The highest BCUT2D eigenvalue weighted by atomic mass is 19.1. The average molecular weight is 236 g/mol. The van der Waals surface area contributed by atoms with E-state index in [0.29, 0.717) is 24.3 Å². The van der Waals surface area contributed by atoms with Crippen molar-refractivity contribution < 1.29 is 13.9 Å². The second-order valence-electron chi connectivity index (χ2n) is 3.95. The van der Waals surface area contributed by atoms with Gasteiger partial charge < -0.3 is 14.4 Å². The van der Waals surface area contributed by atoms with Crippen molar-refractivity contribution in [2.75, 3.05) is 32.2 Å². The van der Waals surface area contributed by atoms with Gasteiger partial charge in [-0.1, -0.05) is 0 Å². The van der Waals surface area contributed by atoms with Crippen LogP contribution in [0.15, 0.2) is 18.2 Å². The summed E-state index contributed by atoms with van der Waals surface area (Å²) in [4.78, 5) is 1.81. The van der Waals surface area contributed by atoms with E-state index in [1.807, 2.05) is 11.0 Å². The fourth-order valence-corrected chi connectivity index (χ4v) is 1.88. The van der Waals surface area contributed by atoms with Crippen LogP contribution in [0.4, 0.5) is 10.1 Å². The Hall–Kier alpha value is -1.64. The molecule has 0 radical (unpaired) electrons. The van der Waals surface area contributed by atoms with Gasteiger partial charge in [-0.15, -0.1) is 0 Å². The Bertz CT molecular complexity index is 458. The Kier molecular flexibility index (Phi) is 3.01. The number of anilines is 1. The number of nitrogens with zero attached hydrogens (tertiary/aromatic N) is 2. The third-order valence-electron chi connectivity index (χ3n) is 3.03. The zero-order chi connectivity index (χ0) is 12.5. The summed E-state index contributed by atoms with van der Waals surface area (Å²) in [6.45, 7) is 0.950. The van der Waals surface area contributed by atoms with E-state index in [1.54, 1.807) is 26.4 Å². The Labute approximate surface area is 99.2 Å². The molecule has 5 heteroatoms. The van der Waals surface area contributed by atoms with Gasteiger partial charge in [-0.25, -0.2) is 4.39 Å². The van der Waals surface area contributed by atoms with Gasteiger partial charge in [-0.3, -0.25) is 0 Å². The van der Waals surface area contributed by atoms with Crippen LogP contribution < -0.4 is 4.90 Å². The summed E-state index contributed by atoms with van der Waals surface area (Å²) in [5, 5.41) is 8.65. The second kappa shape index (κ2) is 4.32. The van der Waals surface area contributed by atoms with Crippen molar-refractivity contribution in [2.45, 2.75) is 5.79 Å². The van der Waals surface area contributed by atoms with E-state index in [2.05, 4.69) is 0 Å². The molecule has 0 amide bonds. The summed E-state index contributed by atoms with van der Waals surface area (Å²) in [6, 6.07) is 6.33. The van der Waals surface area contributed by atoms with E-state index in [1.165, 1.54) is 6.07 Å². The molecule has 0 atom stereocenters. The Morgan fingerprint density at radius 2 is 2.00 bits per heavy atom. The minimum Gasteiger partial charge on any atom is -0.358 e. The first-order valence-corrected chi connectivity index (χ1v) is 5.19. The van der Waals surface area contributed by atoms with E-state index in [9.17, 15) is 4.39 Å². The lowest BCUT2D eigenvalue weighted by Crippen LogP contribution is -2.64. The lowest BCUT2D eigenvalue weighted by Gasteiger charge is -2.48. The third-order valence-corrected chi connectivity index (χ3v) is 3.03. The minimum absolute atomic E-state index is 0.316. The SMILES string of the molecule is COC1(OC)CN(c2ccc(C#N)cc2F)C1. The zero-order valence-corrected chi connectivity index (χ0v) is 9.74. The second-order valence-corrected chi connectivity index (χ2v) is 3.95. The topological polar surface area (TPSA) is 45.5 Å². The maximum Gasteiger partial charge on any atom is 0.203 e. The van der Waals surface area contributed by atoms with Crippen LogP contribution in [0.2, 0.25) is 0 Å². The van der Waals surface area contributed by atoms with E-state index in [-0.39, 0.29) is 0 Å². The number of benzene rings is 1. The molecule has 0 bridgehead atoms. The standard InChI is InChI=1S/C12H13FN2O2/c1-16-12(17-2)7-15(8-12)11-4-3-9(6-14)5-10(11)13/h3-5H,7-8H2,1-2H3. The average Bonchev–Trinajstić information content (AvgIpc) is 2.30. The fraction of sp³-hybridized carbons (Fsp3) is 0.417. The molecule has 1 aliphatic rings. The molecule has 0 spiro atoms. The number of methoxy groups -OCH3 is 2. The lowest BCUT2D eigenvalue weighted by atomic mass is 10.1. The Morgan fingerprint density at radius 1 is 1.35 bits per heavy atom. The first-order valence-electron chi connectivity index (χ1n) is 5.19. The molecule has 1 aromatic rings. The summed E-state index contributed by atoms with van der Waals surface area (Å²) in [5.74, 6) is -1.04. The van der Waals surface area contributed by atoms with Crippen LogP contribution in [-0.2, 0) is 9.47 Å². The van der Waals surface area contributed by atoms with Gasteiger partial charge in [0.15, 0.2) is 0 Å². The summed E-state index contributed by atoms with van der Waals surface area (Å²) >= 11 is 0. The maximum atomic E-state index is 13.7. The third kappa shape index (κ3) is 1.97. The molecule has 2 rings (SSSR count). The van der Waals surface area contributed by atoms with Gasteiger partial charge in [0.05, 0.1) is 30.4 Å². The predicted octanol–water partition coefficient (Wildman–Crippen LogP) is 1.51. The van der Waals surface area contributed by atoms with Crippen LogP contribution >= 0.6 is 0 Å². The van der Waals surface area contributed by atoms with Gasteiger partial charge in [0.25, 0.3) is 0 Å². The number of hydrogen-bond acceptors (Lipinski definition) is 4. The van der Waals surface area contributed by atoms with Crippen LogP contribution in [0.3, 0.4) is 0 Å². The van der Waals surface area contributed by atoms with Crippen molar-refractivity contribution in [3.05, 3.63) is 29.6 Å².